The van der Waals surface area contributed by atoms with E-state index in [1.165, 1.54) is 10.5 Å². The lowest BCUT2D eigenvalue weighted by molar-refractivity contribution is -0.140. The highest BCUT2D eigenvalue weighted by Gasteiger charge is 2.58. The molecule has 1 aromatic rings. The van der Waals surface area contributed by atoms with Gasteiger partial charge in [0.2, 0.25) is 11.8 Å². The van der Waals surface area contributed by atoms with Crippen LogP contribution in [-0.2, 0) is 16.0 Å². The number of hydrogen-bond donors (Lipinski definition) is 2. The fourth-order valence-electron chi connectivity index (χ4n) is 4.97. The number of carbonyl (C=O) groups is 2. The molecule has 1 aliphatic heterocycles. The van der Waals surface area contributed by atoms with Crippen molar-refractivity contribution in [1.29, 1.82) is 0 Å². The Morgan fingerprint density at radius 2 is 1.70 bits per heavy atom. The fraction of sp³-hybridized carbons (Fsp3) is 0.522. The predicted octanol–water partition coefficient (Wildman–Crippen LogP) is 1.60. The molecule has 0 aromatic heterocycles. The molecule has 1 saturated carbocycles. The van der Waals surface area contributed by atoms with Gasteiger partial charge in [0, 0.05) is 26.7 Å². The van der Waals surface area contributed by atoms with Gasteiger partial charge in [0.1, 0.15) is 5.75 Å². The number of fused-ring (bicyclic) bond motifs is 5. The van der Waals surface area contributed by atoms with Crippen molar-refractivity contribution in [2.24, 2.45) is 28.7 Å². The second-order valence-corrected chi connectivity index (χ2v) is 8.21. The maximum atomic E-state index is 12.7. The summed E-state index contributed by atoms with van der Waals surface area (Å²) >= 11 is 0. The van der Waals surface area contributed by atoms with Crippen LogP contribution in [0.25, 0.3) is 0 Å². The first-order valence-electron chi connectivity index (χ1n) is 10.7. The van der Waals surface area contributed by atoms with E-state index in [0.717, 1.165) is 31.1 Å². The number of amides is 2. The first-order chi connectivity index (χ1) is 14.6. The topological polar surface area (TPSA) is 83.0 Å². The van der Waals surface area contributed by atoms with Crippen molar-refractivity contribution in [3.63, 3.8) is 0 Å². The number of nitrogens with zero attached hydrogens (tertiary/aromatic N) is 2. The van der Waals surface area contributed by atoms with Crippen molar-refractivity contribution < 1.29 is 14.3 Å². The van der Waals surface area contributed by atoms with E-state index in [0.29, 0.717) is 19.5 Å². The van der Waals surface area contributed by atoms with Crippen LogP contribution < -0.4 is 15.4 Å². The Kier molecular flexibility index (Phi) is 6.06. The first kappa shape index (κ1) is 20.4. The van der Waals surface area contributed by atoms with Gasteiger partial charge in [0.25, 0.3) is 0 Å². The Balaban J connectivity index is 1.17. The minimum atomic E-state index is -0.104. The molecule has 0 spiro atoms. The highest BCUT2D eigenvalue weighted by molar-refractivity contribution is 6.06. The Bertz CT molecular complexity index is 819. The molecular weight excluding hydrogens is 380 g/mol. The molecule has 4 unspecified atom stereocenters. The molecule has 1 saturated heterocycles. The van der Waals surface area contributed by atoms with Crippen LogP contribution in [0, 0.1) is 23.7 Å². The molecule has 2 aliphatic carbocycles. The number of guanidine groups is 1. The lowest BCUT2D eigenvalue weighted by Crippen LogP contribution is -2.40. The van der Waals surface area contributed by atoms with Gasteiger partial charge in [-0.05, 0) is 48.8 Å². The zero-order chi connectivity index (χ0) is 21.1. The summed E-state index contributed by atoms with van der Waals surface area (Å²) < 4.78 is 5.18. The number of aliphatic imine (C=N–C) groups is 1. The summed E-state index contributed by atoms with van der Waals surface area (Å²) in [6, 6.07) is 8.02. The van der Waals surface area contributed by atoms with E-state index >= 15 is 0 Å². The zero-order valence-electron chi connectivity index (χ0n) is 17.6. The average molecular weight is 411 g/mol. The number of methoxy groups -OCH3 is 1. The van der Waals surface area contributed by atoms with Crippen LogP contribution in [0.1, 0.15) is 18.4 Å². The molecule has 2 amide bonds. The summed E-state index contributed by atoms with van der Waals surface area (Å²) in [5.74, 6) is 1.98. The number of benzene rings is 1. The molecule has 1 heterocycles. The molecule has 30 heavy (non-hydrogen) atoms. The van der Waals surface area contributed by atoms with Crippen molar-refractivity contribution in [2.75, 3.05) is 33.8 Å². The van der Waals surface area contributed by atoms with Crippen molar-refractivity contribution >= 4 is 17.8 Å². The van der Waals surface area contributed by atoms with Crippen molar-refractivity contribution in [1.82, 2.24) is 15.5 Å². The predicted molar refractivity (Wildman–Crippen MR) is 115 cm³/mol. The molecule has 2 bridgehead atoms. The second kappa shape index (κ2) is 8.90. The molecule has 3 aliphatic rings. The quantitative estimate of drug-likeness (QED) is 0.224. The highest BCUT2D eigenvalue weighted by Crippen LogP contribution is 2.52. The van der Waals surface area contributed by atoms with Crippen LogP contribution in [0.15, 0.2) is 41.4 Å². The van der Waals surface area contributed by atoms with Crippen molar-refractivity contribution in [3.8, 4) is 5.75 Å². The molecule has 2 N–H and O–H groups in total. The van der Waals surface area contributed by atoms with E-state index in [1.54, 1.807) is 14.2 Å². The molecule has 1 aromatic carbocycles. The third kappa shape index (κ3) is 3.93. The standard InChI is InChI=1S/C23H30N4O3/c1-24-23(26-12-10-15-4-8-18(30-2)9-5-15)25-11-3-13-27-21(28)19-16-6-7-17(14-16)20(19)22(27)29/h4-9,16-17,19-20H,3,10-14H2,1-2H3,(H2,24,25,26). The zero-order valence-corrected chi connectivity index (χ0v) is 17.6. The molecule has 160 valence electrons. The van der Waals surface area contributed by atoms with Gasteiger partial charge in [-0.2, -0.15) is 0 Å². The number of allylic oxidation sites excluding steroid dienone is 2. The maximum absolute atomic E-state index is 12.7. The van der Waals surface area contributed by atoms with E-state index in [1.807, 2.05) is 12.1 Å². The van der Waals surface area contributed by atoms with E-state index in [9.17, 15) is 9.59 Å². The minimum absolute atomic E-state index is 0.0313. The van der Waals surface area contributed by atoms with Gasteiger partial charge in [-0.15, -0.1) is 0 Å². The molecule has 0 radical (unpaired) electrons. The minimum Gasteiger partial charge on any atom is -0.497 e. The van der Waals surface area contributed by atoms with Gasteiger partial charge >= 0.3 is 0 Å². The monoisotopic (exact) mass is 410 g/mol. The molecule has 7 heteroatoms. The summed E-state index contributed by atoms with van der Waals surface area (Å²) in [6.07, 6.45) is 6.81. The van der Waals surface area contributed by atoms with Gasteiger partial charge in [-0.3, -0.25) is 19.5 Å². The number of imide groups is 1. The summed E-state index contributed by atoms with van der Waals surface area (Å²) in [7, 11) is 3.40. The van der Waals surface area contributed by atoms with E-state index in [2.05, 4.69) is 39.9 Å². The normalized spacial score (nSPS) is 27.0. The SMILES string of the molecule is CN=C(NCCCN1C(=O)C2C3C=CC(C3)C2C1=O)NCCc1ccc(OC)cc1. The van der Waals surface area contributed by atoms with Gasteiger partial charge in [0.15, 0.2) is 5.96 Å². The molecule has 4 atom stereocenters. The van der Waals surface area contributed by atoms with Gasteiger partial charge in [-0.25, -0.2) is 0 Å². The van der Waals surface area contributed by atoms with Crippen LogP contribution in [0.5, 0.6) is 5.75 Å². The maximum Gasteiger partial charge on any atom is 0.233 e. The molecule has 7 nitrogen and oxygen atoms in total. The van der Waals surface area contributed by atoms with Crippen LogP contribution in [0.2, 0.25) is 0 Å². The number of hydrogen-bond acceptors (Lipinski definition) is 4. The van der Waals surface area contributed by atoms with Gasteiger partial charge in [-0.1, -0.05) is 24.3 Å². The van der Waals surface area contributed by atoms with E-state index in [4.69, 9.17) is 4.74 Å². The molecule has 4 rings (SSSR count). The fourth-order valence-corrected chi connectivity index (χ4v) is 4.97. The number of nitrogens with one attached hydrogen (secondary N) is 2. The van der Waals surface area contributed by atoms with Crippen LogP contribution in [-0.4, -0.2) is 56.5 Å². The first-order valence-corrected chi connectivity index (χ1v) is 10.7. The molecular formula is C23H30N4O3. The van der Waals surface area contributed by atoms with Gasteiger partial charge < -0.3 is 15.4 Å². The lowest BCUT2D eigenvalue weighted by Gasteiger charge is -2.18. The molecule has 2 fully saturated rings. The second-order valence-electron chi connectivity index (χ2n) is 8.21. The Morgan fingerprint density at radius 3 is 2.30 bits per heavy atom. The van der Waals surface area contributed by atoms with Crippen LogP contribution >= 0.6 is 0 Å². The average Bonchev–Trinajstić information content (AvgIpc) is 3.45. The summed E-state index contributed by atoms with van der Waals surface area (Å²) in [5.41, 5.74) is 1.22. The highest BCUT2D eigenvalue weighted by atomic mass is 16.5. The smallest absolute Gasteiger partial charge is 0.233 e. The largest absolute Gasteiger partial charge is 0.497 e. The third-order valence-electron chi connectivity index (χ3n) is 6.50. The van der Waals surface area contributed by atoms with Crippen LogP contribution in [0.3, 0.4) is 0 Å². The van der Waals surface area contributed by atoms with Crippen LogP contribution in [0.4, 0.5) is 0 Å². The van der Waals surface area contributed by atoms with Gasteiger partial charge in [0.05, 0.1) is 18.9 Å². The Hall–Kier alpha value is -2.83. The number of ether oxygens (including phenoxy) is 1. The van der Waals surface area contributed by atoms with Crippen molar-refractivity contribution in [3.05, 3.63) is 42.0 Å². The van der Waals surface area contributed by atoms with E-state index in [-0.39, 0.29) is 35.5 Å². The van der Waals surface area contributed by atoms with E-state index < -0.39 is 0 Å². The summed E-state index contributed by atoms with van der Waals surface area (Å²) in [6.45, 7) is 1.88. The number of rotatable bonds is 8. The number of likely N-dealkylation sites (tertiary alicyclic amines) is 1. The Labute approximate surface area is 177 Å². The Morgan fingerprint density at radius 1 is 1.07 bits per heavy atom. The van der Waals surface area contributed by atoms with Crippen molar-refractivity contribution in [2.45, 2.75) is 19.3 Å². The summed E-state index contributed by atoms with van der Waals surface area (Å²) in [5, 5.41) is 6.56. The summed E-state index contributed by atoms with van der Waals surface area (Å²) in [4.78, 5) is 31.1. The lowest BCUT2D eigenvalue weighted by atomic mass is 9.85. The number of carbonyl (C=O) groups excluding carboxylic acids is 2. The third-order valence-corrected chi connectivity index (χ3v) is 6.50.